The predicted octanol–water partition coefficient (Wildman–Crippen LogP) is 3.43. The van der Waals surface area contributed by atoms with Gasteiger partial charge in [0.25, 0.3) is 0 Å². The molecule has 0 saturated carbocycles. The summed E-state index contributed by atoms with van der Waals surface area (Å²) >= 11 is 12.0. The fourth-order valence-electron chi connectivity index (χ4n) is 2.07. The van der Waals surface area contributed by atoms with Crippen LogP contribution in [0.5, 0.6) is 0 Å². The number of benzene rings is 1. The molecule has 0 spiro atoms. The summed E-state index contributed by atoms with van der Waals surface area (Å²) in [6, 6.07) is 5.06. The minimum Gasteiger partial charge on any atom is -0.383 e. The Hall–Kier alpha value is -1.03. The van der Waals surface area contributed by atoms with E-state index in [2.05, 4.69) is 5.10 Å². The van der Waals surface area contributed by atoms with Gasteiger partial charge in [0.05, 0.1) is 5.69 Å². The molecule has 18 heavy (non-hydrogen) atoms. The van der Waals surface area contributed by atoms with E-state index in [0.717, 1.165) is 17.0 Å². The summed E-state index contributed by atoms with van der Waals surface area (Å²) in [5.74, 6) is 0. The van der Waals surface area contributed by atoms with Gasteiger partial charge in [0.2, 0.25) is 0 Å². The summed E-state index contributed by atoms with van der Waals surface area (Å²) in [5.41, 5.74) is 3.08. The zero-order chi connectivity index (χ0) is 13.4. The van der Waals surface area contributed by atoms with Crippen LogP contribution in [0.3, 0.4) is 0 Å². The Morgan fingerprint density at radius 1 is 1.28 bits per heavy atom. The average Bonchev–Trinajstić information content (AvgIpc) is 2.56. The summed E-state index contributed by atoms with van der Waals surface area (Å²) in [7, 11) is 1.85. The van der Waals surface area contributed by atoms with Crippen molar-refractivity contribution in [3.05, 3.63) is 50.8 Å². The number of hydrogen-bond donors (Lipinski definition) is 1. The normalized spacial score (nSPS) is 12.8. The van der Waals surface area contributed by atoms with E-state index in [1.807, 2.05) is 20.9 Å². The molecular weight excluding hydrogens is 271 g/mol. The Morgan fingerprint density at radius 2 is 1.94 bits per heavy atom. The fraction of sp³-hybridized carbons (Fsp3) is 0.308. The van der Waals surface area contributed by atoms with Crippen molar-refractivity contribution in [2.75, 3.05) is 0 Å². The molecule has 3 nitrogen and oxygen atoms in total. The first-order valence-electron chi connectivity index (χ1n) is 5.55. The first-order valence-corrected chi connectivity index (χ1v) is 6.30. The summed E-state index contributed by atoms with van der Waals surface area (Å²) in [6.07, 6.45) is -0.815. The van der Waals surface area contributed by atoms with Crippen LogP contribution in [0.15, 0.2) is 18.2 Å². The lowest BCUT2D eigenvalue weighted by Crippen LogP contribution is -2.04. The Morgan fingerprint density at radius 3 is 2.50 bits per heavy atom. The van der Waals surface area contributed by atoms with Crippen LogP contribution in [-0.4, -0.2) is 14.9 Å². The lowest BCUT2D eigenvalue weighted by atomic mass is 10.00. The van der Waals surface area contributed by atoms with Gasteiger partial charge in [-0.2, -0.15) is 5.10 Å². The van der Waals surface area contributed by atoms with Crippen LogP contribution in [0.4, 0.5) is 0 Å². The molecule has 1 N–H and O–H groups in total. The highest BCUT2D eigenvalue weighted by Crippen LogP contribution is 2.33. The van der Waals surface area contributed by atoms with E-state index in [9.17, 15) is 5.11 Å². The van der Waals surface area contributed by atoms with Gasteiger partial charge in [0.1, 0.15) is 6.10 Å². The van der Waals surface area contributed by atoms with E-state index in [-0.39, 0.29) is 0 Å². The quantitative estimate of drug-likeness (QED) is 0.918. The van der Waals surface area contributed by atoms with Gasteiger partial charge in [-0.15, -0.1) is 0 Å². The van der Waals surface area contributed by atoms with E-state index in [1.54, 1.807) is 22.9 Å². The Labute approximate surface area is 116 Å². The van der Waals surface area contributed by atoms with E-state index in [1.165, 1.54) is 0 Å². The highest BCUT2D eigenvalue weighted by Gasteiger charge is 2.21. The van der Waals surface area contributed by atoms with Crippen LogP contribution in [0, 0.1) is 13.8 Å². The van der Waals surface area contributed by atoms with E-state index in [4.69, 9.17) is 23.2 Å². The van der Waals surface area contributed by atoms with Crippen molar-refractivity contribution in [1.82, 2.24) is 9.78 Å². The highest BCUT2D eigenvalue weighted by molar-refractivity contribution is 6.33. The molecule has 2 aromatic rings. The molecule has 1 heterocycles. The molecule has 0 aliphatic rings. The summed E-state index contributed by atoms with van der Waals surface area (Å²) < 4.78 is 1.74. The van der Waals surface area contributed by atoms with Crippen molar-refractivity contribution in [3.8, 4) is 0 Å². The largest absolute Gasteiger partial charge is 0.383 e. The molecule has 1 aromatic heterocycles. The minimum atomic E-state index is -0.815. The fourth-order valence-corrected chi connectivity index (χ4v) is 2.47. The first-order chi connectivity index (χ1) is 8.41. The molecule has 0 amide bonds. The van der Waals surface area contributed by atoms with Crippen LogP contribution in [-0.2, 0) is 7.05 Å². The molecule has 0 saturated heterocycles. The Kier molecular flexibility index (Phi) is 3.66. The molecule has 0 aliphatic carbocycles. The van der Waals surface area contributed by atoms with Gasteiger partial charge in [-0.05, 0) is 32.0 Å². The highest BCUT2D eigenvalue weighted by atomic mass is 35.5. The molecule has 0 aliphatic heterocycles. The first kappa shape index (κ1) is 13.4. The SMILES string of the molecule is Cc1nn(C)c(C)c1C(O)c1cc(Cl)ccc1Cl. The van der Waals surface area contributed by atoms with Gasteiger partial charge >= 0.3 is 0 Å². The number of nitrogens with zero attached hydrogens (tertiary/aromatic N) is 2. The Bertz CT molecular complexity index is 593. The zero-order valence-electron chi connectivity index (χ0n) is 10.4. The third kappa shape index (κ3) is 2.26. The molecule has 0 fully saturated rings. The molecule has 1 unspecified atom stereocenters. The number of halogens is 2. The van der Waals surface area contributed by atoms with E-state index < -0.39 is 6.10 Å². The van der Waals surface area contributed by atoms with Crippen molar-refractivity contribution >= 4 is 23.2 Å². The van der Waals surface area contributed by atoms with Gasteiger partial charge < -0.3 is 5.11 Å². The molecule has 1 atom stereocenters. The van der Waals surface area contributed by atoms with Gasteiger partial charge in [-0.25, -0.2) is 0 Å². The molecule has 5 heteroatoms. The second-order valence-corrected chi connectivity index (χ2v) is 5.12. The zero-order valence-corrected chi connectivity index (χ0v) is 11.9. The smallest absolute Gasteiger partial charge is 0.109 e. The summed E-state index contributed by atoms with van der Waals surface area (Å²) in [6.45, 7) is 3.78. The number of aromatic nitrogens is 2. The molecular formula is C13H14Cl2N2O. The van der Waals surface area contributed by atoms with Crippen LogP contribution in [0.25, 0.3) is 0 Å². The molecule has 0 bridgehead atoms. The number of aryl methyl sites for hydroxylation is 2. The maximum Gasteiger partial charge on any atom is 0.109 e. The van der Waals surface area contributed by atoms with Crippen molar-refractivity contribution in [3.63, 3.8) is 0 Å². The lowest BCUT2D eigenvalue weighted by molar-refractivity contribution is 0.219. The van der Waals surface area contributed by atoms with Gasteiger partial charge in [-0.3, -0.25) is 4.68 Å². The molecule has 0 radical (unpaired) electrons. The van der Waals surface area contributed by atoms with Crippen molar-refractivity contribution in [1.29, 1.82) is 0 Å². The van der Waals surface area contributed by atoms with Crippen LogP contribution < -0.4 is 0 Å². The third-order valence-corrected chi connectivity index (χ3v) is 3.67. The minimum absolute atomic E-state index is 0.495. The third-order valence-electron chi connectivity index (χ3n) is 3.09. The topological polar surface area (TPSA) is 38.0 Å². The number of rotatable bonds is 2. The maximum atomic E-state index is 10.5. The van der Waals surface area contributed by atoms with E-state index >= 15 is 0 Å². The predicted molar refractivity (Wildman–Crippen MR) is 73.2 cm³/mol. The van der Waals surface area contributed by atoms with Gasteiger partial charge in [0.15, 0.2) is 0 Å². The van der Waals surface area contributed by atoms with Crippen molar-refractivity contribution in [2.45, 2.75) is 20.0 Å². The lowest BCUT2D eigenvalue weighted by Gasteiger charge is -2.14. The van der Waals surface area contributed by atoms with Crippen molar-refractivity contribution in [2.24, 2.45) is 7.05 Å². The number of aliphatic hydroxyl groups excluding tert-OH is 1. The molecule has 1 aromatic carbocycles. The number of hydrogen-bond acceptors (Lipinski definition) is 2. The van der Waals surface area contributed by atoms with E-state index in [0.29, 0.717) is 15.6 Å². The van der Waals surface area contributed by atoms with Gasteiger partial charge in [0, 0.05) is 33.9 Å². The Balaban J connectivity index is 2.54. The maximum absolute atomic E-state index is 10.5. The van der Waals surface area contributed by atoms with Crippen molar-refractivity contribution < 1.29 is 5.11 Å². The second kappa shape index (κ2) is 4.92. The monoisotopic (exact) mass is 284 g/mol. The van der Waals surface area contributed by atoms with Crippen LogP contribution >= 0.6 is 23.2 Å². The summed E-state index contributed by atoms with van der Waals surface area (Å²) in [5, 5.41) is 15.8. The standard InChI is InChI=1S/C13H14Cl2N2O/c1-7-12(8(2)17(3)16-7)13(18)10-6-9(14)4-5-11(10)15/h4-6,13,18H,1-3H3. The van der Waals surface area contributed by atoms with Crippen LogP contribution in [0.1, 0.15) is 28.6 Å². The summed E-state index contributed by atoms with van der Waals surface area (Å²) in [4.78, 5) is 0. The number of aliphatic hydroxyl groups is 1. The van der Waals surface area contributed by atoms with Gasteiger partial charge in [-0.1, -0.05) is 23.2 Å². The second-order valence-electron chi connectivity index (χ2n) is 4.28. The molecule has 96 valence electrons. The molecule has 2 rings (SSSR count). The van der Waals surface area contributed by atoms with Crippen LogP contribution in [0.2, 0.25) is 10.0 Å². The average molecular weight is 285 g/mol.